The zero-order chi connectivity index (χ0) is 26.1. The Morgan fingerprint density at radius 2 is 1.59 bits per heavy atom. The number of Topliss-reactive ketones (excluding diaryl/α,β-unsaturated/α-hetero) is 1. The molecule has 0 aliphatic rings. The third kappa shape index (κ3) is 4.36. The van der Waals surface area contributed by atoms with Gasteiger partial charge in [0.25, 0.3) is 5.56 Å². The molecule has 7 heteroatoms. The molecular formula is C30H26N2O5. The Balaban J connectivity index is 1.63. The summed E-state index contributed by atoms with van der Waals surface area (Å²) in [5.41, 5.74) is 0.899. The minimum atomic E-state index is -0.706. The van der Waals surface area contributed by atoms with Gasteiger partial charge in [-0.1, -0.05) is 42.5 Å². The van der Waals surface area contributed by atoms with Crippen molar-refractivity contribution in [1.82, 2.24) is 4.57 Å². The van der Waals surface area contributed by atoms with Gasteiger partial charge in [-0.2, -0.15) is 0 Å². The third-order valence-corrected chi connectivity index (χ3v) is 6.67. The summed E-state index contributed by atoms with van der Waals surface area (Å²) in [5, 5.41) is 27.3. The van der Waals surface area contributed by atoms with E-state index in [2.05, 4.69) is 5.32 Å². The molecule has 37 heavy (non-hydrogen) atoms. The van der Waals surface area contributed by atoms with Crippen LogP contribution in [0.1, 0.15) is 28.4 Å². The summed E-state index contributed by atoms with van der Waals surface area (Å²) in [7, 11) is 3.15. The molecule has 7 nitrogen and oxygen atoms in total. The molecule has 0 unspecified atom stereocenters. The number of ketones is 1. The maximum absolute atomic E-state index is 13.7. The van der Waals surface area contributed by atoms with E-state index in [-0.39, 0.29) is 23.5 Å². The Hall–Kier alpha value is -4.78. The van der Waals surface area contributed by atoms with Gasteiger partial charge in [0, 0.05) is 30.1 Å². The summed E-state index contributed by atoms with van der Waals surface area (Å²) in [6.07, 6.45) is -0.186. The number of para-hydroxylation sites is 1. The largest absolute Gasteiger partial charge is 0.508 e. The number of fused-ring (bicyclic) bond motifs is 2. The Bertz CT molecular complexity index is 1690. The molecule has 0 spiro atoms. The number of phenols is 1. The summed E-state index contributed by atoms with van der Waals surface area (Å²) < 4.78 is 6.61. The van der Waals surface area contributed by atoms with Crippen molar-refractivity contribution < 1.29 is 19.7 Å². The standard InChI is InChI=1S/C30H26N2O5/c1-32-24-10-6-5-9-22(24)29(35)28(30(32)36)26(34)17-23(31-19-12-14-20(37-2)15-13-19)27-21-8-4-3-7-18(21)11-16-25(27)33/h3-16,23,31,33,35H,17H2,1-2H3/t23-/m1/s1. The molecule has 0 radical (unpaired) electrons. The topological polar surface area (TPSA) is 101 Å². The molecule has 0 aliphatic heterocycles. The molecule has 1 aromatic heterocycles. The van der Waals surface area contributed by atoms with Crippen LogP contribution in [0.2, 0.25) is 0 Å². The first-order valence-electron chi connectivity index (χ1n) is 11.8. The first kappa shape index (κ1) is 23.9. The van der Waals surface area contributed by atoms with E-state index < -0.39 is 17.4 Å². The molecule has 0 saturated heterocycles. The lowest BCUT2D eigenvalue weighted by Crippen LogP contribution is -2.27. The number of phenolic OH excluding ortho intramolecular Hbond substituents is 1. The van der Waals surface area contributed by atoms with Crippen molar-refractivity contribution in [2.24, 2.45) is 7.05 Å². The van der Waals surface area contributed by atoms with Crippen molar-refractivity contribution in [1.29, 1.82) is 0 Å². The quantitative estimate of drug-likeness (QED) is 0.257. The lowest BCUT2D eigenvalue weighted by Gasteiger charge is -2.23. The van der Waals surface area contributed by atoms with Crippen molar-refractivity contribution in [3.63, 3.8) is 0 Å². The van der Waals surface area contributed by atoms with E-state index >= 15 is 0 Å². The number of hydrogen-bond donors (Lipinski definition) is 3. The molecule has 1 heterocycles. The number of ether oxygens (including phenoxy) is 1. The van der Waals surface area contributed by atoms with Crippen LogP contribution in [0.15, 0.2) is 89.7 Å². The minimum Gasteiger partial charge on any atom is -0.508 e. The average molecular weight is 495 g/mol. The molecular weight excluding hydrogens is 468 g/mol. The highest BCUT2D eigenvalue weighted by molar-refractivity contribution is 6.04. The summed E-state index contributed by atoms with van der Waals surface area (Å²) in [4.78, 5) is 26.9. The van der Waals surface area contributed by atoms with Crippen LogP contribution in [0.5, 0.6) is 17.2 Å². The number of rotatable bonds is 7. The second-order valence-corrected chi connectivity index (χ2v) is 8.88. The third-order valence-electron chi connectivity index (χ3n) is 6.67. The van der Waals surface area contributed by atoms with Crippen molar-refractivity contribution in [3.8, 4) is 17.2 Å². The van der Waals surface area contributed by atoms with E-state index in [0.29, 0.717) is 27.9 Å². The number of aryl methyl sites for hydroxylation is 1. The zero-order valence-corrected chi connectivity index (χ0v) is 20.4. The second-order valence-electron chi connectivity index (χ2n) is 8.88. The molecule has 4 aromatic carbocycles. The van der Waals surface area contributed by atoms with Gasteiger partial charge in [-0.3, -0.25) is 9.59 Å². The van der Waals surface area contributed by atoms with Crippen LogP contribution >= 0.6 is 0 Å². The summed E-state index contributed by atoms with van der Waals surface area (Å²) in [6.45, 7) is 0. The van der Waals surface area contributed by atoms with Gasteiger partial charge in [0.1, 0.15) is 22.8 Å². The van der Waals surface area contributed by atoms with Crippen LogP contribution in [0.25, 0.3) is 21.7 Å². The maximum atomic E-state index is 13.7. The fourth-order valence-corrected chi connectivity index (χ4v) is 4.78. The van der Waals surface area contributed by atoms with Gasteiger partial charge in [-0.15, -0.1) is 0 Å². The molecule has 5 aromatic rings. The van der Waals surface area contributed by atoms with Crippen molar-refractivity contribution in [3.05, 3.63) is 106 Å². The Morgan fingerprint density at radius 1 is 0.919 bits per heavy atom. The number of pyridine rings is 1. The lowest BCUT2D eigenvalue weighted by molar-refractivity contribution is 0.0972. The second kappa shape index (κ2) is 9.70. The van der Waals surface area contributed by atoms with E-state index in [0.717, 1.165) is 10.8 Å². The Labute approximate surface area is 213 Å². The van der Waals surface area contributed by atoms with Gasteiger partial charge < -0.3 is 24.8 Å². The molecule has 5 rings (SSSR count). The number of carbonyl (C=O) groups excluding carboxylic acids is 1. The zero-order valence-electron chi connectivity index (χ0n) is 20.4. The highest BCUT2D eigenvalue weighted by atomic mass is 16.5. The number of anilines is 1. The number of aromatic nitrogens is 1. The Morgan fingerprint density at radius 3 is 2.32 bits per heavy atom. The summed E-state index contributed by atoms with van der Waals surface area (Å²) in [6, 6.07) is 24.4. The molecule has 0 fully saturated rings. The van der Waals surface area contributed by atoms with Crippen LogP contribution in [-0.2, 0) is 7.05 Å². The number of nitrogens with one attached hydrogen (secondary N) is 1. The van der Waals surface area contributed by atoms with E-state index in [9.17, 15) is 19.8 Å². The number of carbonyl (C=O) groups is 1. The van der Waals surface area contributed by atoms with Crippen LogP contribution in [0, 0.1) is 0 Å². The number of benzene rings is 4. The molecule has 0 aliphatic carbocycles. The normalized spacial score (nSPS) is 11.9. The molecule has 1 atom stereocenters. The predicted octanol–water partition coefficient (Wildman–Crippen LogP) is 5.54. The van der Waals surface area contributed by atoms with Crippen molar-refractivity contribution >= 4 is 33.1 Å². The van der Waals surface area contributed by atoms with Crippen LogP contribution in [0.4, 0.5) is 5.69 Å². The number of nitrogens with zero attached hydrogens (tertiary/aromatic N) is 1. The fourth-order valence-electron chi connectivity index (χ4n) is 4.78. The van der Waals surface area contributed by atoms with Crippen molar-refractivity contribution in [2.75, 3.05) is 12.4 Å². The van der Waals surface area contributed by atoms with Gasteiger partial charge in [0.2, 0.25) is 0 Å². The van der Waals surface area contributed by atoms with Gasteiger partial charge >= 0.3 is 0 Å². The monoisotopic (exact) mass is 494 g/mol. The molecule has 0 saturated carbocycles. The molecule has 186 valence electrons. The lowest BCUT2D eigenvalue weighted by atomic mass is 9.92. The molecule has 0 bridgehead atoms. The highest BCUT2D eigenvalue weighted by Gasteiger charge is 2.27. The highest BCUT2D eigenvalue weighted by Crippen LogP contribution is 2.37. The smallest absolute Gasteiger partial charge is 0.265 e. The first-order chi connectivity index (χ1) is 17.9. The summed E-state index contributed by atoms with van der Waals surface area (Å²) >= 11 is 0. The predicted molar refractivity (Wildman–Crippen MR) is 145 cm³/mol. The van der Waals surface area contributed by atoms with Crippen LogP contribution in [0.3, 0.4) is 0 Å². The molecule has 0 amide bonds. The van der Waals surface area contributed by atoms with E-state index in [1.807, 2.05) is 42.5 Å². The van der Waals surface area contributed by atoms with Crippen LogP contribution < -0.4 is 15.6 Å². The van der Waals surface area contributed by atoms with Crippen LogP contribution in [-0.4, -0.2) is 27.7 Å². The van der Waals surface area contributed by atoms with Gasteiger partial charge in [0.15, 0.2) is 5.78 Å². The van der Waals surface area contributed by atoms with Gasteiger partial charge in [-0.25, -0.2) is 0 Å². The fraction of sp³-hybridized carbons (Fsp3) is 0.133. The maximum Gasteiger partial charge on any atom is 0.265 e. The van der Waals surface area contributed by atoms with E-state index in [4.69, 9.17) is 4.74 Å². The number of methoxy groups -OCH3 is 1. The SMILES string of the molecule is COc1ccc(N[C@H](CC(=O)c2c(O)c3ccccc3n(C)c2=O)c2c(O)ccc3ccccc23)cc1. The van der Waals surface area contributed by atoms with Gasteiger partial charge in [0.05, 0.1) is 18.7 Å². The number of aromatic hydroxyl groups is 2. The van der Waals surface area contributed by atoms with E-state index in [1.54, 1.807) is 56.6 Å². The summed E-state index contributed by atoms with van der Waals surface area (Å²) in [5.74, 6) is -0.180. The minimum absolute atomic E-state index is 0.0214. The first-order valence-corrected chi connectivity index (χ1v) is 11.8. The van der Waals surface area contributed by atoms with Gasteiger partial charge in [-0.05, 0) is 53.2 Å². The van der Waals surface area contributed by atoms with Crippen molar-refractivity contribution in [2.45, 2.75) is 12.5 Å². The number of hydrogen-bond acceptors (Lipinski definition) is 6. The van der Waals surface area contributed by atoms with E-state index in [1.165, 1.54) is 4.57 Å². The average Bonchev–Trinajstić information content (AvgIpc) is 2.92. The molecule has 3 N–H and O–H groups in total. The Kier molecular flexibility index (Phi) is 6.27.